The highest BCUT2D eigenvalue weighted by molar-refractivity contribution is 7.90. The Kier molecular flexibility index (Phi) is 9.02. The molecular formula is C18H34F3N5O2S. The SMILES string of the molecule is CCNC(=NCC1CCN(S(=O)(=O)C(F)(F)F)CC1)NCC1CCCCN1CC. The van der Waals surface area contributed by atoms with E-state index in [4.69, 9.17) is 0 Å². The van der Waals surface area contributed by atoms with Crippen LogP contribution in [0.4, 0.5) is 13.2 Å². The third-order valence-electron chi connectivity index (χ3n) is 5.72. The Bertz CT molecular complexity index is 634. The fraction of sp³-hybridized carbons (Fsp3) is 0.944. The van der Waals surface area contributed by atoms with Gasteiger partial charge in [0.25, 0.3) is 0 Å². The van der Waals surface area contributed by atoms with Crippen LogP contribution in [0.3, 0.4) is 0 Å². The summed E-state index contributed by atoms with van der Waals surface area (Å²) < 4.78 is 61.6. The van der Waals surface area contributed by atoms with Gasteiger partial charge in [0, 0.05) is 38.8 Å². The standard InChI is InChI=1S/C18H34F3N5O2S/c1-3-22-17(24-14-16-7-5-6-10-25(16)4-2)23-13-15-8-11-26(12-9-15)29(27,28)18(19,20)21/h15-16H,3-14H2,1-2H3,(H2,22,23,24). The van der Waals surface area contributed by atoms with Gasteiger partial charge in [-0.1, -0.05) is 13.3 Å². The summed E-state index contributed by atoms with van der Waals surface area (Å²) in [4.78, 5) is 7.06. The van der Waals surface area contributed by atoms with Gasteiger partial charge in [-0.2, -0.15) is 17.5 Å². The van der Waals surface area contributed by atoms with Crippen molar-refractivity contribution in [1.82, 2.24) is 19.8 Å². The number of sulfonamides is 1. The molecule has 0 aromatic rings. The Balaban J connectivity index is 1.84. The maximum atomic E-state index is 12.7. The van der Waals surface area contributed by atoms with Crippen molar-refractivity contribution in [2.45, 2.75) is 57.5 Å². The van der Waals surface area contributed by atoms with Crippen LogP contribution >= 0.6 is 0 Å². The van der Waals surface area contributed by atoms with E-state index in [1.54, 1.807) is 0 Å². The van der Waals surface area contributed by atoms with Gasteiger partial charge in [-0.15, -0.1) is 0 Å². The molecule has 29 heavy (non-hydrogen) atoms. The summed E-state index contributed by atoms with van der Waals surface area (Å²) in [7, 11) is -5.22. The fourth-order valence-electron chi connectivity index (χ4n) is 3.96. The Morgan fingerprint density at radius 3 is 2.34 bits per heavy atom. The number of alkyl halides is 3. The van der Waals surface area contributed by atoms with Crippen molar-refractivity contribution < 1.29 is 21.6 Å². The Hall–Kier alpha value is -1.07. The number of likely N-dealkylation sites (N-methyl/N-ethyl adjacent to an activating group) is 1. The molecule has 0 radical (unpaired) electrons. The van der Waals surface area contributed by atoms with Crippen LogP contribution in [0.2, 0.25) is 0 Å². The van der Waals surface area contributed by atoms with Crippen molar-refractivity contribution in [3.8, 4) is 0 Å². The quantitative estimate of drug-likeness (QED) is 0.467. The van der Waals surface area contributed by atoms with Gasteiger partial charge in [0.1, 0.15) is 0 Å². The monoisotopic (exact) mass is 441 g/mol. The van der Waals surface area contributed by atoms with Gasteiger partial charge in [-0.05, 0) is 51.6 Å². The first-order valence-corrected chi connectivity index (χ1v) is 12.0. The average Bonchev–Trinajstić information content (AvgIpc) is 2.69. The van der Waals surface area contributed by atoms with Crippen molar-refractivity contribution in [1.29, 1.82) is 0 Å². The first kappa shape index (κ1) is 24.2. The van der Waals surface area contributed by atoms with Gasteiger partial charge >= 0.3 is 15.5 Å². The predicted octanol–water partition coefficient (Wildman–Crippen LogP) is 1.98. The highest BCUT2D eigenvalue weighted by Crippen LogP contribution is 2.30. The van der Waals surface area contributed by atoms with Crippen LogP contribution in [0.1, 0.15) is 46.0 Å². The van der Waals surface area contributed by atoms with Crippen molar-refractivity contribution in [3.05, 3.63) is 0 Å². The minimum atomic E-state index is -5.23. The van der Waals surface area contributed by atoms with Crippen molar-refractivity contribution in [3.63, 3.8) is 0 Å². The van der Waals surface area contributed by atoms with Crippen molar-refractivity contribution >= 4 is 16.0 Å². The van der Waals surface area contributed by atoms with E-state index in [-0.39, 0.29) is 19.0 Å². The van der Waals surface area contributed by atoms with Gasteiger partial charge in [-0.3, -0.25) is 9.89 Å². The molecule has 2 saturated heterocycles. The molecule has 2 N–H and O–H groups in total. The van der Waals surface area contributed by atoms with Crippen LogP contribution in [0.15, 0.2) is 4.99 Å². The van der Waals surface area contributed by atoms with Gasteiger partial charge < -0.3 is 10.6 Å². The molecule has 0 aliphatic carbocycles. The van der Waals surface area contributed by atoms with Crippen LogP contribution in [-0.2, 0) is 10.0 Å². The van der Waals surface area contributed by atoms with Crippen molar-refractivity contribution in [2.24, 2.45) is 10.9 Å². The number of nitrogens with zero attached hydrogens (tertiary/aromatic N) is 3. The number of guanidine groups is 1. The summed E-state index contributed by atoms with van der Waals surface area (Å²) in [6.45, 7) is 8.07. The first-order chi connectivity index (χ1) is 13.7. The fourth-order valence-corrected chi connectivity index (χ4v) is 4.95. The third kappa shape index (κ3) is 6.71. The first-order valence-electron chi connectivity index (χ1n) is 10.5. The molecule has 1 atom stereocenters. The Labute approximate surface area is 172 Å². The molecule has 2 heterocycles. The molecule has 2 aliphatic heterocycles. The van der Waals surface area contributed by atoms with Gasteiger partial charge in [0.2, 0.25) is 0 Å². The summed E-state index contributed by atoms with van der Waals surface area (Å²) in [6.07, 6.45) is 4.39. The number of rotatable bonds is 7. The van der Waals surface area contributed by atoms with E-state index >= 15 is 0 Å². The molecule has 0 bridgehead atoms. The van der Waals surface area contributed by atoms with E-state index in [1.807, 2.05) is 6.92 Å². The van der Waals surface area contributed by atoms with Crippen LogP contribution in [0.5, 0.6) is 0 Å². The molecule has 2 aliphatic rings. The number of nitrogens with one attached hydrogen (secondary N) is 2. The Morgan fingerprint density at radius 2 is 1.76 bits per heavy atom. The van der Waals surface area contributed by atoms with Crippen LogP contribution in [-0.4, -0.2) is 80.9 Å². The number of halogens is 3. The number of hydrogen-bond acceptors (Lipinski definition) is 4. The summed E-state index contributed by atoms with van der Waals surface area (Å²) in [5.74, 6) is 0.784. The maximum Gasteiger partial charge on any atom is 0.511 e. The smallest absolute Gasteiger partial charge is 0.357 e. The minimum Gasteiger partial charge on any atom is -0.357 e. The largest absolute Gasteiger partial charge is 0.511 e. The summed E-state index contributed by atoms with van der Waals surface area (Å²) in [5.41, 5.74) is -5.23. The Morgan fingerprint density at radius 1 is 1.07 bits per heavy atom. The van der Waals surface area contributed by atoms with E-state index in [2.05, 4.69) is 27.4 Å². The minimum absolute atomic E-state index is 0.0759. The molecule has 2 rings (SSSR count). The third-order valence-corrected chi connectivity index (χ3v) is 7.35. The zero-order valence-electron chi connectivity index (χ0n) is 17.3. The van der Waals surface area contributed by atoms with Gasteiger partial charge in [0.15, 0.2) is 5.96 Å². The van der Waals surface area contributed by atoms with E-state index in [0.29, 0.717) is 35.7 Å². The molecule has 0 amide bonds. The van der Waals surface area contributed by atoms with E-state index in [1.165, 1.54) is 12.8 Å². The topological polar surface area (TPSA) is 77.0 Å². The number of aliphatic imine (C=N–C) groups is 1. The number of hydrogen-bond donors (Lipinski definition) is 2. The molecular weight excluding hydrogens is 407 g/mol. The summed E-state index contributed by atoms with van der Waals surface area (Å²) in [6, 6.07) is 0.480. The normalized spacial score (nSPS) is 23.9. The lowest BCUT2D eigenvalue weighted by atomic mass is 9.98. The zero-order chi connectivity index (χ0) is 21.5. The van der Waals surface area contributed by atoms with E-state index in [9.17, 15) is 21.6 Å². The number of likely N-dealkylation sites (tertiary alicyclic amines) is 1. The molecule has 170 valence electrons. The average molecular weight is 442 g/mol. The molecule has 0 saturated carbocycles. The molecule has 2 fully saturated rings. The number of piperidine rings is 2. The maximum absolute atomic E-state index is 12.7. The van der Waals surface area contributed by atoms with Crippen LogP contribution < -0.4 is 10.6 Å². The second-order valence-electron chi connectivity index (χ2n) is 7.67. The van der Waals surface area contributed by atoms with E-state index in [0.717, 1.165) is 32.6 Å². The molecule has 0 spiro atoms. The second-order valence-corrected chi connectivity index (χ2v) is 9.60. The molecule has 1 unspecified atom stereocenters. The molecule has 0 aromatic heterocycles. The van der Waals surface area contributed by atoms with E-state index < -0.39 is 15.5 Å². The second kappa shape index (κ2) is 10.8. The molecule has 7 nitrogen and oxygen atoms in total. The van der Waals surface area contributed by atoms with Crippen LogP contribution in [0, 0.1) is 5.92 Å². The highest BCUT2D eigenvalue weighted by Gasteiger charge is 2.50. The molecule has 0 aromatic carbocycles. The lowest BCUT2D eigenvalue weighted by molar-refractivity contribution is -0.0496. The summed E-state index contributed by atoms with van der Waals surface area (Å²) >= 11 is 0. The van der Waals surface area contributed by atoms with Crippen LogP contribution in [0.25, 0.3) is 0 Å². The van der Waals surface area contributed by atoms with Gasteiger partial charge in [-0.25, -0.2) is 8.42 Å². The lowest BCUT2D eigenvalue weighted by Crippen LogP contribution is -2.49. The lowest BCUT2D eigenvalue weighted by Gasteiger charge is -2.35. The highest BCUT2D eigenvalue weighted by atomic mass is 32.2. The predicted molar refractivity (Wildman–Crippen MR) is 108 cm³/mol. The summed E-state index contributed by atoms with van der Waals surface area (Å²) in [5, 5.41) is 6.60. The zero-order valence-corrected chi connectivity index (χ0v) is 18.2. The molecule has 11 heteroatoms. The van der Waals surface area contributed by atoms with Crippen molar-refractivity contribution in [2.75, 3.05) is 45.8 Å². The van der Waals surface area contributed by atoms with Gasteiger partial charge in [0.05, 0.1) is 0 Å².